The van der Waals surface area contributed by atoms with Crippen molar-refractivity contribution in [1.82, 2.24) is 10.2 Å². The Balaban J connectivity index is 2.33. The van der Waals surface area contributed by atoms with E-state index in [1.54, 1.807) is 6.07 Å². The molecule has 0 amide bonds. The zero-order chi connectivity index (χ0) is 16.2. The molecule has 0 bridgehead atoms. The number of aliphatic hydroxyl groups is 1. The predicted octanol–water partition coefficient (Wildman–Crippen LogP) is 2.68. The number of hydrogen-bond donors (Lipinski definition) is 2. The zero-order valence-corrected chi connectivity index (χ0v) is 13.5. The number of halogens is 4. The van der Waals surface area contributed by atoms with Crippen molar-refractivity contribution >= 4 is 15.9 Å². The third-order valence-electron chi connectivity index (χ3n) is 3.55. The highest BCUT2D eigenvalue weighted by atomic mass is 79.9. The Kier molecular flexibility index (Phi) is 6.08. The molecule has 4 nitrogen and oxygen atoms in total. The van der Waals surface area contributed by atoms with Gasteiger partial charge in [-0.25, -0.2) is 0 Å². The number of piperazine rings is 1. The molecule has 2 N–H and O–H groups in total. The summed E-state index contributed by atoms with van der Waals surface area (Å²) >= 11 is 3.29. The van der Waals surface area contributed by atoms with Crippen molar-refractivity contribution in [3.05, 3.63) is 28.2 Å². The van der Waals surface area contributed by atoms with Crippen molar-refractivity contribution in [3.63, 3.8) is 0 Å². The van der Waals surface area contributed by atoms with Gasteiger partial charge in [-0.1, -0.05) is 15.9 Å². The average Bonchev–Trinajstić information content (AvgIpc) is 2.46. The highest BCUT2D eigenvalue weighted by Gasteiger charge is 2.34. The normalized spacial score (nSPS) is 18.2. The number of ether oxygens (including phenoxy) is 1. The van der Waals surface area contributed by atoms with Gasteiger partial charge in [-0.3, -0.25) is 4.90 Å². The molecule has 0 spiro atoms. The van der Waals surface area contributed by atoms with Gasteiger partial charge in [0.2, 0.25) is 0 Å². The molecule has 1 atom stereocenters. The summed E-state index contributed by atoms with van der Waals surface area (Å²) in [4.78, 5) is 2.07. The summed E-state index contributed by atoms with van der Waals surface area (Å²) in [5.74, 6) is -0.215. The Morgan fingerprint density at radius 3 is 2.59 bits per heavy atom. The Bertz CT molecular complexity index is 493. The molecule has 0 radical (unpaired) electrons. The molecule has 1 fully saturated rings. The predicted molar refractivity (Wildman–Crippen MR) is 79.7 cm³/mol. The first-order valence-corrected chi connectivity index (χ1v) is 7.81. The summed E-state index contributed by atoms with van der Waals surface area (Å²) in [6.45, 7) is 2.86. The molecule has 2 rings (SSSR count). The molecule has 1 aromatic carbocycles. The van der Waals surface area contributed by atoms with Gasteiger partial charge in [0.25, 0.3) is 0 Å². The van der Waals surface area contributed by atoms with Gasteiger partial charge in [0.1, 0.15) is 5.75 Å². The van der Waals surface area contributed by atoms with E-state index in [0.717, 1.165) is 13.1 Å². The number of nitrogens with one attached hydrogen (secondary N) is 1. The van der Waals surface area contributed by atoms with Crippen molar-refractivity contribution < 1.29 is 23.0 Å². The van der Waals surface area contributed by atoms with E-state index in [9.17, 15) is 18.3 Å². The third kappa shape index (κ3) is 4.84. The second-order valence-electron chi connectivity index (χ2n) is 5.04. The summed E-state index contributed by atoms with van der Waals surface area (Å²) < 4.78 is 42.7. The Morgan fingerprint density at radius 2 is 2.00 bits per heavy atom. The van der Waals surface area contributed by atoms with E-state index < -0.39 is 6.36 Å². The fourth-order valence-electron chi connectivity index (χ4n) is 2.65. The van der Waals surface area contributed by atoms with Gasteiger partial charge in [-0.05, 0) is 24.6 Å². The van der Waals surface area contributed by atoms with Crippen LogP contribution in [0.3, 0.4) is 0 Å². The molecular weight excluding hydrogens is 365 g/mol. The fourth-order valence-corrected chi connectivity index (χ4v) is 3.03. The van der Waals surface area contributed by atoms with Gasteiger partial charge in [-0.2, -0.15) is 0 Å². The van der Waals surface area contributed by atoms with Crippen molar-refractivity contribution in [2.45, 2.75) is 18.8 Å². The number of nitrogens with zero attached hydrogens (tertiary/aromatic N) is 1. The molecule has 22 heavy (non-hydrogen) atoms. The molecular formula is C14H18BrF3N2O2. The maximum atomic E-state index is 12.6. The quantitative estimate of drug-likeness (QED) is 0.821. The van der Waals surface area contributed by atoms with E-state index in [0.29, 0.717) is 29.5 Å². The SMILES string of the molecule is OCC[C@H](c1cc(Br)ccc1OC(F)(F)F)N1CCNCC1. The molecule has 1 aromatic rings. The van der Waals surface area contributed by atoms with Crippen LogP contribution in [0.5, 0.6) is 5.75 Å². The molecule has 0 aromatic heterocycles. The molecule has 0 aliphatic carbocycles. The molecule has 124 valence electrons. The van der Waals surface area contributed by atoms with Crippen molar-refractivity contribution in [2.75, 3.05) is 32.8 Å². The first-order chi connectivity index (χ1) is 10.4. The molecule has 1 heterocycles. The Hall–Kier alpha value is -0.830. The molecule has 1 aliphatic rings. The van der Waals surface area contributed by atoms with Crippen LogP contribution >= 0.6 is 15.9 Å². The summed E-state index contributed by atoms with van der Waals surface area (Å²) in [7, 11) is 0. The first-order valence-electron chi connectivity index (χ1n) is 7.01. The third-order valence-corrected chi connectivity index (χ3v) is 4.04. The van der Waals surface area contributed by atoms with Gasteiger partial charge in [0, 0.05) is 48.9 Å². The highest BCUT2D eigenvalue weighted by Crippen LogP contribution is 2.36. The Labute approximate surface area is 135 Å². The van der Waals surface area contributed by atoms with E-state index in [1.165, 1.54) is 12.1 Å². The van der Waals surface area contributed by atoms with E-state index in [2.05, 4.69) is 30.9 Å². The summed E-state index contributed by atoms with van der Waals surface area (Å²) in [6, 6.07) is 4.13. The van der Waals surface area contributed by atoms with Gasteiger partial charge in [0.05, 0.1) is 0 Å². The minimum absolute atomic E-state index is 0.105. The maximum Gasteiger partial charge on any atom is 0.573 e. The number of benzene rings is 1. The van der Waals surface area contributed by atoms with Gasteiger partial charge < -0.3 is 15.2 Å². The van der Waals surface area contributed by atoms with Crippen molar-refractivity contribution in [3.8, 4) is 5.75 Å². The summed E-state index contributed by atoms with van der Waals surface area (Å²) in [6.07, 6.45) is -4.39. The second kappa shape index (κ2) is 7.63. The topological polar surface area (TPSA) is 44.7 Å². The first kappa shape index (κ1) is 17.5. The van der Waals surface area contributed by atoms with Crippen LogP contribution in [0.15, 0.2) is 22.7 Å². The van der Waals surface area contributed by atoms with Crippen LogP contribution in [-0.4, -0.2) is 49.2 Å². The monoisotopic (exact) mass is 382 g/mol. The average molecular weight is 383 g/mol. The van der Waals surface area contributed by atoms with Crippen LogP contribution < -0.4 is 10.1 Å². The standard InChI is InChI=1S/C14H18BrF3N2O2/c15-10-1-2-13(22-14(16,17)18)11(9-10)12(3-8-21)20-6-4-19-5-7-20/h1-2,9,12,19,21H,3-8H2/t12-/m1/s1. The Morgan fingerprint density at radius 1 is 1.32 bits per heavy atom. The molecule has 0 unspecified atom stereocenters. The number of alkyl halides is 3. The van der Waals surface area contributed by atoms with Gasteiger partial charge in [-0.15, -0.1) is 13.2 Å². The lowest BCUT2D eigenvalue weighted by atomic mass is 10.0. The number of rotatable bonds is 5. The highest BCUT2D eigenvalue weighted by molar-refractivity contribution is 9.10. The zero-order valence-electron chi connectivity index (χ0n) is 11.9. The van der Waals surface area contributed by atoms with Crippen LogP contribution in [-0.2, 0) is 0 Å². The van der Waals surface area contributed by atoms with Crippen LogP contribution in [0.4, 0.5) is 13.2 Å². The largest absolute Gasteiger partial charge is 0.573 e. The van der Waals surface area contributed by atoms with E-state index in [4.69, 9.17) is 0 Å². The van der Waals surface area contributed by atoms with E-state index >= 15 is 0 Å². The van der Waals surface area contributed by atoms with E-state index in [-0.39, 0.29) is 18.4 Å². The molecule has 8 heteroatoms. The summed E-state index contributed by atoms with van der Waals surface area (Å²) in [5, 5.41) is 12.5. The lowest BCUT2D eigenvalue weighted by Crippen LogP contribution is -2.45. The number of hydrogen-bond acceptors (Lipinski definition) is 4. The lowest BCUT2D eigenvalue weighted by Gasteiger charge is -2.35. The maximum absolute atomic E-state index is 12.6. The van der Waals surface area contributed by atoms with Gasteiger partial charge >= 0.3 is 6.36 Å². The van der Waals surface area contributed by atoms with Gasteiger partial charge in [0.15, 0.2) is 0 Å². The van der Waals surface area contributed by atoms with Crippen LogP contribution in [0.1, 0.15) is 18.0 Å². The van der Waals surface area contributed by atoms with Crippen LogP contribution in [0.2, 0.25) is 0 Å². The van der Waals surface area contributed by atoms with Crippen LogP contribution in [0, 0.1) is 0 Å². The second-order valence-corrected chi connectivity index (χ2v) is 5.96. The minimum Gasteiger partial charge on any atom is -0.405 e. The smallest absolute Gasteiger partial charge is 0.405 e. The molecule has 1 aliphatic heterocycles. The number of aliphatic hydroxyl groups excluding tert-OH is 1. The van der Waals surface area contributed by atoms with Crippen molar-refractivity contribution in [2.24, 2.45) is 0 Å². The van der Waals surface area contributed by atoms with Crippen LogP contribution in [0.25, 0.3) is 0 Å². The minimum atomic E-state index is -4.74. The molecule has 0 saturated carbocycles. The van der Waals surface area contributed by atoms with Crippen molar-refractivity contribution in [1.29, 1.82) is 0 Å². The lowest BCUT2D eigenvalue weighted by molar-refractivity contribution is -0.275. The summed E-state index contributed by atoms with van der Waals surface area (Å²) in [5.41, 5.74) is 0.433. The fraction of sp³-hybridized carbons (Fsp3) is 0.571. The van der Waals surface area contributed by atoms with E-state index in [1.807, 2.05) is 0 Å². The molecule has 1 saturated heterocycles.